The highest BCUT2D eigenvalue weighted by Gasteiger charge is 2.43. The van der Waals surface area contributed by atoms with Gasteiger partial charge in [-0.25, -0.2) is 4.79 Å². The number of carbonyl (C=O) groups is 2. The molecule has 1 fully saturated rings. The van der Waals surface area contributed by atoms with Crippen molar-refractivity contribution in [3.05, 3.63) is 51.3 Å². The summed E-state index contributed by atoms with van der Waals surface area (Å²) in [5.74, 6) is -0.819. The zero-order valence-corrected chi connectivity index (χ0v) is 16.6. The van der Waals surface area contributed by atoms with E-state index in [1.807, 2.05) is 29.2 Å². The van der Waals surface area contributed by atoms with Gasteiger partial charge in [-0.3, -0.25) is 9.89 Å². The highest BCUT2D eigenvalue weighted by molar-refractivity contribution is 7.14. The maximum Gasteiger partial charge on any atom is 0.345 e. The molecule has 3 aromatic rings. The van der Waals surface area contributed by atoms with Crippen molar-refractivity contribution in [3.8, 4) is 0 Å². The summed E-state index contributed by atoms with van der Waals surface area (Å²) < 4.78 is 6.18. The van der Waals surface area contributed by atoms with E-state index in [9.17, 15) is 14.7 Å². The first-order valence-corrected chi connectivity index (χ1v) is 10.6. The normalized spacial score (nSPS) is 18.1. The number of aromatic carboxylic acids is 1. The van der Waals surface area contributed by atoms with E-state index in [1.165, 1.54) is 11.3 Å². The van der Waals surface area contributed by atoms with Crippen LogP contribution in [0.4, 0.5) is 0 Å². The maximum absolute atomic E-state index is 12.9. The fourth-order valence-corrected chi connectivity index (χ4v) is 5.54. The van der Waals surface area contributed by atoms with Gasteiger partial charge in [-0.15, -0.1) is 11.3 Å². The lowest BCUT2D eigenvalue weighted by Gasteiger charge is -2.44. The van der Waals surface area contributed by atoms with Gasteiger partial charge in [-0.1, -0.05) is 18.2 Å². The number of amides is 1. The molecule has 0 atom stereocenters. The van der Waals surface area contributed by atoms with Crippen molar-refractivity contribution in [2.75, 3.05) is 19.7 Å². The van der Waals surface area contributed by atoms with Gasteiger partial charge >= 0.3 is 5.97 Å². The fraction of sp³-hybridized carbons (Fsp3) is 0.381. The molecule has 1 spiro atoms. The lowest BCUT2D eigenvalue weighted by atomic mass is 9.82. The number of ether oxygens (including phenoxy) is 1. The largest absolute Gasteiger partial charge is 0.477 e. The molecule has 2 aliphatic heterocycles. The number of aromatic nitrogens is 2. The number of nitrogens with zero attached hydrogens (tertiary/aromatic N) is 2. The number of nitrogens with one attached hydrogen (secondary N) is 1. The summed E-state index contributed by atoms with van der Waals surface area (Å²) in [6.45, 7) is 1.80. The summed E-state index contributed by atoms with van der Waals surface area (Å²) in [5.41, 5.74) is 2.25. The smallest absolute Gasteiger partial charge is 0.345 e. The van der Waals surface area contributed by atoms with Crippen LogP contribution in [-0.4, -0.2) is 51.8 Å². The average Bonchev–Trinajstić information content (AvgIpc) is 3.34. The summed E-state index contributed by atoms with van der Waals surface area (Å²) in [6.07, 6.45) is 2.42. The van der Waals surface area contributed by atoms with Crippen LogP contribution in [0.1, 0.15) is 38.6 Å². The number of carboxylic acid groups (broad SMARTS) is 1. The Morgan fingerprint density at radius 2 is 2.07 bits per heavy atom. The first-order valence-electron chi connectivity index (χ1n) is 9.76. The Labute approximate surface area is 171 Å². The van der Waals surface area contributed by atoms with Gasteiger partial charge in [0.2, 0.25) is 5.91 Å². The molecule has 0 unspecified atom stereocenters. The first-order chi connectivity index (χ1) is 14.1. The molecule has 1 saturated heterocycles. The number of para-hydroxylation sites is 1. The molecular weight excluding hydrogens is 390 g/mol. The third-order valence-electron chi connectivity index (χ3n) is 6.01. The van der Waals surface area contributed by atoms with Gasteiger partial charge in [0.1, 0.15) is 4.88 Å². The maximum atomic E-state index is 12.9. The monoisotopic (exact) mass is 411 g/mol. The van der Waals surface area contributed by atoms with Crippen molar-refractivity contribution in [1.29, 1.82) is 0 Å². The molecule has 150 valence electrons. The SMILES string of the molecule is O=C(O)c1cc2c(s1)CCOC21CCN(C(=O)Cc2[nH]nc3ccccc23)CC1. The number of likely N-dealkylation sites (tertiary alicyclic amines) is 1. The Kier molecular flexibility index (Phi) is 4.40. The van der Waals surface area contributed by atoms with Gasteiger partial charge < -0.3 is 14.7 Å². The number of carboxylic acids is 1. The van der Waals surface area contributed by atoms with E-state index >= 15 is 0 Å². The second-order valence-electron chi connectivity index (χ2n) is 7.62. The van der Waals surface area contributed by atoms with Crippen molar-refractivity contribution in [2.45, 2.75) is 31.3 Å². The van der Waals surface area contributed by atoms with Crippen molar-refractivity contribution in [1.82, 2.24) is 15.1 Å². The lowest BCUT2D eigenvalue weighted by molar-refractivity contribution is -0.140. The Balaban J connectivity index is 1.31. The Morgan fingerprint density at radius 1 is 1.28 bits per heavy atom. The lowest BCUT2D eigenvalue weighted by Crippen LogP contribution is -2.48. The molecule has 7 nitrogen and oxygen atoms in total. The molecule has 0 radical (unpaired) electrons. The van der Waals surface area contributed by atoms with Gasteiger partial charge in [0.25, 0.3) is 0 Å². The van der Waals surface area contributed by atoms with Crippen LogP contribution in [0, 0.1) is 0 Å². The van der Waals surface area contributed by atoms with E-state index < -0.39 is 11.6 Å². The van der Waals surface area contributed by atoms with E-state index in [4.69, 9.17) is 4.74 Å². The third-order valence-corrected chi connectivity index (χ3v) is 7.19. The molecular formula is C21H21N3O4S. The van der Waals surface area contributed by atoms with E-state index in [2.05, 4.69) is 10.2 Å². The van der Waals surface area contributed by atoms with Crippen molar-refractivity contribution >= 4 is 34.1 Å². The fourth-order valence-electron chi connectivity index (χ4n) is 4.47. The molecule has 0 bridgehead atoms. The topological polar surface area (TPSA) is 95.5 Å². The standard InChI is InChI=1S/C21H21N3O4S/c25-19(12-16-13-3-1-2-4-15(13)22-23-16)24-8-6-21(7-9-24)14-11-18(20(26)27)29-17(14)5-10-28-21/h1-4,11H,5-10,12H2,(H,22,23)(H,26,27). The molecule has 4 heterocycles. The van der Waals surface area contributed by atoms with Crippen LogP contribution in [0.3, 0.4) is 0 Å². The number of benzene rings is 1. The number of rotatable bonds is 3. The van der Waals surface area contributed by atoms with Crippen LogP contribution in [0.25, 0.3) is 10.9 Å². The van der Waals surface area contributed by atoms with Gasteiger partial charge in [-0.2, -0.15) is 5.10 Å². The van der Waals surface area contributed by atoms with Crippen LogP contribution in [0.15, 0.2) is 30.3 Å². The predicted molar refractivity (Wildman–Crippen MR) is 108 cm³/mol. The number of piperidine rings is 1. The Morgan fingerprint density at radius 3 is 2.86 bits per heavy atom. The van der Waals surface area contributed by atoms with E-state index in [1.54, 1.807) is 6.07 Å². The van der Waals surface area contributed by atoms with Gasteiger partial charge in [0.05, 0.1) is 29.8 Å². The molecule has 2 aliphatic rings. The average molecular weight is 411 g/mol. The van der Waals surface area contributed by atoms with Gasteiger partial charge in [0.15, 0.2) is 0 Å². The third kappa shape index (κ3) is 3.12. The minimum absolute atomic E-state index is 0.0711. The van der Waals surface area contributed by atoms with Crippen LogP contribution in [0.2, 0.25) is 0 Å². The first kappa shape index (κ1) is 18.3. The number of aromatic amines is 1. The molecule has 0 saturated carbocycles. The second-order valence-corrected chi connectivity index (χ2v) is 8.76. The van der Waals surface area contributed by atoms with Crippen LogP contribution in [-0.2, 0) is 28.0 Å². The van der Waals surface area contributed by atoms with Crippen molar-refractivity contribution in [3.63, 3.8) is 0 Å². The summed E-state index contributed by atoms with van der Waals surface area (Å²) in [4.78, 5) is 27.6. The summed E-state index contributed by atoms with van der Waals surface area (Å²) >= 11 is 1.35. The van der Waals surface area contributed by atoms with E-state index in [0.29, 0.717) is 43.8 Å². The molecule has 2 N–H and O–H groups in total. The van der Waals surface area contributed by atoms with Crippen LogP contribution in [0.5, 0.6) is 0 Å². The summed E-state index contributed by atoms with van der Waals surface area (Å²) in [7, 11) is 0. The predicted octanol–water partition coefficient (Wildman–Crippen LogP) is 2.96. The number of carbonyl (C=O) groups excluding carboxylic acids is 1. The molecule has 5 rings (SSSR count). The Hall–Kier alpha value is -2.71. The van der Waals surface area contributed by atoms with E-state index in [0.717, 1.165) is 33.5 Å². The summed E-state index contributed by atoms with van der Waals surface area (Å²) in [5, 5.41) is 17.6. The molecule has 2 aromatic heterocycles. The number of fused-ring (bicyclic) bond motifs is 3. The van der Waals surface area contributed by atoms with Crippen LogP contribution >= 0.6 is 11.3 Å². The highest BCUT2D eigenvalue weighted by Crippen LogP contribution is 2.44. The van der Waals surface area contributed by atoms with Gasteiger partial charge in [0, 0.05) is 29.8 Å². The van der Waals surface area contributed by atoms with Gasteiger partial charge in [-0.05, 0) is 30.5 Å². The minimum atomic E-state index is -0.890. The molecule has 1 aromatic carbocycles. The number of thiophene rings is 1. The molecule has 0 aliphatic carbocycles. The zero-order chi connectivity index (χ0) is 20.0. The zero-order valence-electron chi connectivity index (χ0n) is 15.8. The number of hydrogen-bond donors (Lipinski definition) is 2. The Bertz CT molecular complexity index is 1090. The highest BCUT2D eigenvalue weighted by atomic mass is 32.1. The number of hydrogen-bond acceptors (Lipinski definition) is 5. The van der Waals surface area contributed by atoms with Crippen molar-refractivity contribution < 1.29 is 19.4 Å². The second kappa shape index (κ2) is 6.96. The minimum Gasteiger partial charge on any atom is -0.477 e. The quantitative estimate of drug-likeness (QED) is 0.691. The molecule has 1 amide bonds. The van der Waals surface area contributed by atoms with Crippen molar-refractivity contribution in [2.24, 2.45) is 0 Å². The molecule has 8 heteroatoms. The van der Waals surface area contributed by atoms with Crippen LogP contribution < -0.4 is 0 Å². The number of H-pyrrole nitrogens is 1. The summed E-state index contributed by atoms with van der Waals surface area (Å²) in [6, 6.07) is 9.54. The van der Waals surface area contributed by atoms with E-state index in [-0.39, 0.29) is 5.91 Å². The molecule has 29 heavy (non-hydrogen) atoms.